The molecule has 28 heavy (non-hydrogen) atoms. The van der Waals surface area contributed by atoms with Gasteiger partial charge in [-0.05, 0) is 24.1 Å². The monoisotopic (exact) mass is 419 g/mol. The molecule has 1 aliphatic rings. The molecule has 1 amide bonds. The smallest absolute Gasteiger partial charge is 0.240 e. The molecule has 1 unspecified atom stereocenters. The molecular weight excluding hydrogens is 392 g/mol. The van der Waals surface area contributed by atoms with E-state index in [2.05, 4.69) is 28.8 Å². The minimum Gasteiger partial charge on any atom is -0.374 e. The Morgan fingerprint density at radius 3 is 2.75 bits per heavy atom. The average Bonchev–Trinajstić information content (AvgIpc) is 2.62. The van der Waals surface area contributed by atoms with Crippen LogP contribution in [0.4, 0.5) is 8.78 Å². The van der Waals surface area contributed by atoms with E-state index >= 15 is 0 Å². The molecular formula is C18H27F2N3O4S. The number of halogens is 2. The van der Waals surface area contributed by atoms with Gasteiger partial charge in [-0.2, -0.15) is 0 Å². The summed E-state index contributed by atoms with van der Waals surface area (Å²) in [5.74, 6) is -2.15. The van der Waals surface area contributed by atoms with E-state index in [1.54, 1.807) is 0 Å². The van der Waals surface area contributed by atoms with Crippen molar-refractivity contribution in [3.05, 3.63) is 29.8 Å². The zero-order valence-corrected chi connectivity index (χ0v) is 16.9. The van der Waals surface area contributed by atoms with Gasteiger partial charge in [0.2, 0.25) is 15.9 Å². The van der Waals surface area contributed by atoms with Crippen molar-refractivity contribution in [1.82, 2.24) is 14.9 Å². The number of hydrogen-bond donors (Lipinski definition) is 2. The maximum absolute atomic E-state index is 13.2. The number of morpholine rings is 1. The van der Waals surface area contributed by atoms with Crippen molar-refractivity contribution in [1.29, 1.82) is 0 Å². The number of ether oxygens (including phenoxy) is 1. The van der Waals surface area contributed by atoms with E-state index < -0.39 is 26.6 Å². The lowest BCUT2D eigenvalue weighted by atomic mass is 10.2. The first-order chi connectivity index (χ1) is 13.2. The van der Waals surface area contributed by atoms with Gasteiger partial charge in [0, 0.05) is 39.1 Å². The first-order valence-corrected chi connectivity index (χ1v) is 10.7. The third-order valence-electron chi connectivity index (χ3n) is 4.22. The second kappa shape index (κ2) is 10.2. The molecule has 1 aromatic rings. The number of carbonyl (C=O) groups excluding carboxylic acids is 1. The van der Waals surface area contributed by atoms with Gasteiger partial charge in [-0.25, -0.2) is 21.9 Å². The number of rotatable bonds is 9. The summed E-state index contributed by atoms with van der Waals surface area (Å²) in [5.41, 5.74) is 0. The molecule has 1 heterocycles. The topological polar surface area (TPSA) is 87.7 Å². The van der Waals surface area contributed by atoms with Gasteiger partial charge >= 0.3 is 0 Å². The lowest BCUT2D eigenvalue weighted by Crippen LogP contribution is -2.48. The maximum atomic E-state index is 13.2. The molecule has 158 valence electrons. The van der Waals surface area contributed by atoms with Gasteiger partial charge in [0.05, 0.1) is 17.6 Å². The van der Waals surface area contributed by atoms with Crippen LogP contribution in [-0.2, 0) is 19.6 Å². The highest BCUT2D eigenvalue weighted by Gasteiger charge is 2.21. The fourth-order valence-electron chi connectivity index (χ4n) is 2.93. The Kier molecular flexibility index (Phi) is 8.29. The van der Waals surface area contributed by atoms with E-state index in [0.29, 0.717) is 25.1 Å². The summed E-state index contributed by atoms with van der Waals surface area (Å²) >= 11 is 0. The predicted molar refractivity (Wildman–Crippen MR) is 100 cm³/mol. The van der Waals surface area contributed by atoms with Crippen molar-refractivity contribution in [3.8, 4) is 0 Å². The van der Waals surface area contributed by atoms with Crippen molar-refractivity contribution in [2.45, 2.75) is 31.3 Å². The molecule has 2 rings (SSSR count). The molecule has 0 radical (unpaired) electrons. The van der Waals surface area contributed by atoms with Gasteiger partial charge in [-0.3, -0.25) is 9.69 Å². The molecule has 10 heteroatoms. The summed E-state index contributed by atoms with van der Waals surface area (Å²) in [4.78, 5) is 13.8. The van der Waals surface area contributed by atoms with Crippen LogP contribution in [-0.4, -0.2) is 64.7 Å². The number of amides is 1. The molecule has 7 nitrogen and oxygen atoms in total. The lowest BCUT2D eigenvalue weighted by molar-refractivity contribution is -0.122. The lowest BCUT2D eigenvalue weighted by Gasteiger charge is -2.33. The fraction of sp³-hybridized carbons (Fsp3) is 0.611. The van der Waals surface area contributed by atoms with E-state index in [-0.39, 0.29) is 25.0 Å². The van der Waals surface area contributed by atoms with Gasteiger partial charge in [0.15, 0.2) is 11.6 Å². The number of sulfonamides is 1. The zero-order valence-electron chi connectivity index (χ0n) is 16.1. The third-order valence-corrected chi connectivity index (χ3v) is 5.68. The van der Waals surface area contributed by atoms with Crippen LogP contribution in [0.25, 0.3) is 0 Å². The summed E-state index contributed by atoms with van der Waals surface area (Å²) in [5, 5.41) is 2.73. The van der Waals surface area contributed by atoms with Gasteiger partial charge < -0.3 is 10.1 Å². The minimum atomic E-state index is -4.02. The molecule has 0 spiro atoms. The Balaban J connectivity index is 1.72. The van der Waals surface area contributed by atoms with Crippen LogP contribution in [0.2, 0.25) is 0 Å². The van der Waals surface area contributed by atoms with Crippen molar-refractivity contribution in [2.75, 3.05) is 39.3 Å². The highest BCUT2D eigenvalue weighted by molar-refractivity contribution is 7.89. The van der Waals surface area contributed by atoms with E-state index in [1.807, 2.05) is 0 Å². The fourth-order valence-corrected chi connectivity index (χ4v) is 3.97. The Morgan fingerprint density at radius 1 is 1.32 bits per heavy atom. The average molecular weight is 419 g/mol. The second-order valence-corrected chi connectivity index (χ2v) is 8.94. The number of nitrogens with zero attached hydrogens (tertiary/aromatic N) is 1. The van der Waals surface area contributed by atoms with E-state index in [1.165, 1.54) is 0 Å². The summed E-state index contributed by atoms with van der Waals surface area (Å²) in [6.45, 7) is 7.68. The van der Waals surface area contributed by atoms with Crippen molar-refractivity contribution >= 4 is 15.9 Å². The zero-order chi connectivity index (χ0) is 20.7. The quantitative estimate of drug-likeness (QED) is 0.626. The molecule has 0 bridgehead atoms. The molecule has 0 saturated carbocycles. The van der Waals surface area contributed by atoms with Gasteiger partial charge in [0.25, 0.3) is 0 Å². The number of carbonyl (C=O) groups is 1. The van der Waals surface area contributed by atoms with Gasteiger partial charge in [-0.1, -0.05) is 13.8 Å². The summed E-state index contributed by atoms with van der Waals surface area (Å²) < 4.78 is 58.0. The Labute approximate surface area is 164 Å². The normalized spacial score (nSPS) is 18.4. The Hall–Kier alpha value is -1.62. The van der Waals surface area contributed by atoms with Gasteiger partial charge in [-0.15, -0.1) is 0 Å². The van der Waals surface area contributed by atoms with Gasteiger partial charge in [0.1, 0.15) is 0 Å². The SMILES string of the molecule is CC(C)CN1CCOC(CNC(=O)CCNS(=O)(=O)c2ccc(F)c(F)c2)C1. The molecule has 2 N–H and O–H groups in total. The molecule has 0 aromatic heterocycles. The van der Waals surface area contributed by atoms with Crippen LogP contribution >= 0.6 is 0 Å². The minimum absolute atomic E-state index is 0.0780. The highest BCUT2D eigenvalue weighted by Crippen LogP contribution is 2.13. The van der Waals surface area contributed by atoms with Crippen LogP contribution in [0.15, 0.2) is 23.1 Å². The van der Waals surface area contributed by atoms with Crippen LogP contribution in [0.5, 0.6) is 0 Å². The molecule has 1 aliphatic heterocycles. The maximum Gasteiger partial charge on any atom is 0.240 e. The number of nitrogens with one attached hydrogen (secondary N) is 2. The summed E-state index contributed by atoms with van der Waals surface area (Å²) in [6.07, 6.45) is -0.180. The van der Waals surface area contributed by atoms with Crippen molar-refractivity contribution in [2.24, 2.45) is 5.92 Å². The van der Waals surface area contributed by atoms with E-state index in [9.17, 15) is 22.0 Å². The Bertz CT molecular complexity index is 774. The molecule has 1 saturated heterocycles. The molecule has 0 aliphatic carbocycles. The Morgan fingerprint density at radius 2 is 2.07 bits per heavy atom. The molecule has 1 aromatic carbocycles. The van der Waals surface area contributed by atoms with E-state index in [4.69, 9.17) is 4.74 Å². The number of benzene rings is 1. The highest BCUT2D eigenvalue weighted by atomic mass is 32.2. The summed E-state index contributed by atoms with van der Waals surface area (Å²) in [7, 11) is -4.02. The number of hydrogen-bond acceptors (Lipinski definition) is 5. The van der Waals surface area contributed by atoms with Crippen LogP contribution in [0.1, 0.15) is 20.3 Å². The van der Waals surface area contributed by atoms with Crippen molar-refractivity contribution < 1.29 is 26.7 Å². The third kappa shape index (κ3) is 7.08. The van der Waals surface area contributed by atoms with Crippen LogP contribution < -0.4 is 10.0 Å². The first kappa shape index (κ1) is 22.7. The largest absolute Gasteiger partial charge is 0.374 e. The first-order valence-electron chi connectivity index (χ1n) is 9.22. The van der Waals surface area contributed by atoms with Crippen LogP contribution in [0, 0.1) is 17.6 Å². The predicted octanol–water partition coefficient (Wildman–Crippen LogP) is 1.11. The van der Waals surface area contributed by atoms with Crippen molar-refractivity contribution in [3.63, 3.8) is 0 Å². The van der Waals surface area contributed by atoms with E-state index in [0.717, 1.165) is 31.8 Å². The molecule has 1 fully saturated rings. The molecule has 1 atom stereocenters. The second-order valence-electron chi connectivity index (χ2n) is 7.17. The summed E-state index contributed by atoms with van der Waals surface area (Å²) in [6, 6.07) is 2.30. The van der Waals surface area contributed by atoms with Crippen LogP contribution in [0.3, 0.4) is 0 Å². The standard InChI is InChI=1S/C18H27F2N3O4S/c1-13(2)11-23-7-8-27-14(12-23)10-21-18(24)5-6-22-28(25,26)15-3-4-16(19)17(20)9-15/h3-4,9,13-14,22H,5-8,10-12H2,1-2H3,(H,21,24).